The van der Waals surface area contributed by atoms with Crippen LogP contribution in [0.4, 0.5) is 17.1 Å². The second-order valence-corrected chi connectivity index (χ2v) is 11.8. The Kier molecular flexibility index (Phi) is 5.51. The van der Waals surface area contributed by atoms with Crippen LogP contribution < -0.4 is 4.90 Å². The van der Waals surface area contributed by atoms with Crippen molar-refractivity contribution in [3.63, 3.8) is 0 Å². The van der Waals surface area contributed by atoms with Gasteiger partial charge in [-0.2, -0.15) is 0 Å². The second-order valence-electron chi connectivity index (χ2n) is 11.8. The lowest BCUT2D eigenvalue weighted by Gasteiger charge is -2.25. The number of hydrogen-bond donors (Lipinski definition) is 0. The number of nitrogens with zero attached hydrogens (tertiary/aromatic N) is 3. The number of aromatic nitrogens is 2. The first kappa shape index (κ1) is 25.8. The van der Waals surface area contributed by atoms with E-state index in [9.17, 15) is 0 Å². The van der Waals surface area contributed by atoms with E-state index in [0.29, 0.717) is 5.58 Å². The van der Waals surface area contributed by atoms with Crippen molar-refractivity contribution in [3.05, 3.63) is 152 Å². The highest BCUT2D eigenvalue weighted by atomic mass is 16.3. The van der Waals surface area contributed by atoms with E-state index in [-0.39, 0.29) is 0 Å². The Bertz CT molecular complexity index is 2700. The average Bonchev–Trinajstić information content (AvgIpc) is 3.71. The largest absolute Gasteiger partial charge is 0.454 e. The van der Waals surface area contributed by atoms with E-state index < -0.39 is 0 Å². The number of para-hydroxylation sites is 2. The van der Waals surface area contributed by atoms with E-state index in [4.69, 9.17) is 18.8 Å². The molecular formula is C42H25N3O2. The minimum absolute atomic E-state index is 0.700. The van der Waals surface area contributed by atoms with Gasteiger partial charge in [-0.15, -0.1) is 0 Å². The van der Waals surface area contributed by atoms with Gasteiger partial charge < -0.3 is 13.7 Å². The number of benzene rings is 6. The summed E-state index contributed by atoms with van der Waals surface area (Å²) in [5.41, 5.74) is 8.83. The Hall–Kier alpha value is -6.46. The summed E-state index contributed by atoms with van der Waals surface area (Å²) in [6.07, 6.45) is 5.58. The maximum Gasteiger partial charge on any atom is 0.177 e. The van der Waals surface area contributed by atoms with Gasteiger partial charge in [0.15, 0.2) is 11.2 Å². The zero-order chi connectivity index (χ0) is 30.9. The van der Waals surface area contributed by atoms with Crippen molar-refractivity contribution in [2.75, 3.05) is 4.90 Å². The lowest BCUT2D eigenvalue weighted by Crippen LogP contribution is -2.11. The van der Waals surface area contributed by atoms with E-state index in [2.05, 4.69) is 89.8 Å². The minimum Gasteiger partial charge on any atom is -0.454 e. The molecule has 0 saturated carbocycles. The molecule has 0 aliphatic carbocycles. The number of fused-ring (bicyclic) bond motifs is 9. The predicted octanol–water partition coefficient (Wildman–Crippen LogP) is 11.7. The molecule has 0 radical (unpaired) electrons. The molecule has 0 bridgehead atoms. The van der Waals surface area contributed by atoms with Gasteiger partial charge in [-0.05, 0) is 75.1 Å². The SMILES string of the molecule is c1ccc2c(c1)cc(-c1ccc(N(c3cncc4c3oc3ccccc34)c3ccnc4c3oc3ccccc34)cc1)c1ccccc12. The monoisotopic (exact) mass is 603 g/mol. The van der Waals surface area contributed by atoms with Gasteiger partial charge in [0.25, 0.3) is 0 Å². The summed E-state index contributed by atoms with van der Waals surface area (Å²) in [4.78, 5) is 11.6. The highest BCUT2D eigenvalue weighted by molar-refractivity contribution is 6.15. The van der Waals surface area contributed by atoms with E-state index >= 15 is 0 Å². The number of pyridine rings is 2. The van der Waals surface area contributed by atoms with Gasteiger partial charge in [0.1, 0.15) is 22.4 Å². The first-order chi connectivity index (χ1) is 23.3. The van der Waals surface area contributed by atoms with Gasteiger partial charge in [-0.3, -0.25) is 9.97 Å². The Morgan fingerprint density at radius 3 is 1.98 bits per heavy atom. The standard InChI is InChI=1S/C42H25N3O2/c1-2-10-29-27(9-1)23-34(31-12-4-3-11-30(29)31)26-17-19-28(20-18-26)45(36-21-22-44-40-33-14-6-8-16-39(33)47-42(36)40)37-25-43-24-35-32-13-5-7-15-38(32)46-41(35)37/h1-25H. The van der Waals surface area contributed by atoms with E-state index in [0.717, 1.165) is 61.1 Å². The third-order valence-corrected chi connectivity index (χ3v) is 9.19. The lowest BCUT2D eigenvalue weighted by atomic mass is 9.93. The number of anilines is 3. The Labute approximate surface area is 268 Å². The maximum absolute atomic E-state index is 6.53. The molecule has 4 aromatic heterocycles. The van der Waals surface area contributed by atoms with Crippen LogP contribution in [0.3, 0.4) is 0 Å². The van der Waals surface area contributed by atoms with Crippen molar-refractivity contribution >= 4 is 82.6 Å². The number of hydrogen-bond acceptors (Lipinski definition) is 5. The molecule has 0 saturated heterocycles. The first-order valence-electron chi connectivity index (χ1n) is 15.6. The molecule has 0 atom stereocenters. The molecule has 0 aliphatic heterocycles. The Morgan fingerprint density at radius 2 is 1.15 bits per heavy atom. The normalized spacial score (nSPS) is 11.8. The van der Waals surface area contributed by atoms with Crippen LogP contribution >= 0.6 is 0 Å². The topological polar surface area (TPSA) is 55.3 Å². The van der Waals surface area contributed by atoms with Gasteiger partial charge in [-0.25, -0.2) is 0 Å². The molecule has 0 spiro atoms. The summed E-state index contributed by atoms with van der Waals surface area (Å²) in [5, 5.41) is 7.91. The van der Waals surface area contributed by atoms with Gasteiger partial charge in [0, 0.05) is 34.2 Å². The van der Waals surface area contributed by atoms with Crippen molar-refractivity contribution < 1.29 is 8.83 Å². The summed E-state index contributed by atoms with van der Waals surface area (Å²) in [7, 11) is 0. The van der Waals surface area contributed by atoms with Crippen molar-refractivity contribution in [1.29, 1.82) is 0 Å². The molecule has 0 fully saturated rings. The zero-order valence-corrected chi connectivity index (χ0v) is 25.1. The molecule has 5 nitrogen and oxygen atoms in total. The van der Waals surface area contributed by atoms with Gasteiger partial charge >= 0.3 is 0 Å². The summed E-state index contributed by atoms with van der Waals surface area (Å²) in [6.45, 7) is 0. The van der Waals surface area contributed by atoms with Crippen LogP contribution in [0.1, 0.15) is 0 Å². The van der Waals surface area contributed by atoms with Gasteiger partial charge in [-0.1, -0.05) is 91.0 Å². The van der Waals surface area contributed by atoms with E-state index in [1.807, 2.05) is 67.1 Å². The summed E-state index contributed by atoms with van der Waals surface area (Å²) in [5.74, 6) is 0. The van der Waals surface area contributed by atoms with E-state index in [1.165, 1.54) is 27.1 Å². The fraction of sp³-hybridized carbons (Fsp3) is 0. The average molecular weight is 604 g/mol. The zero-order valence-electron chi connectivity index (χ0n) is 25.1. The third kappa shape index (κ3) is 3.90. The maximum atomic E-state index is 6.53. The molecule has 10 rings (SSSR count). The molecule has 0 aliphatic rings. The van der Waals surface area contributed by atoms with Crippen LogP contribution in [0.25, 0.3) is 76.7 Å². The smallest absolute Gasteiger partial charge is 0.177 e. The van der Waals surface area contributed by atoms with Crippen molar-refractivity contribution in [1.82, 2.24) is 9.97 Å². The van der Waals surface area contributed by atoms with E-state index in [1.54, 1.807) is 0 Å². The molecule has 6 aromatic carbocycles. The minimum atomic E-state index is 0.700. The van der Waals surface area contributed by atoms with Crippen molar-refractivity contribution in [2.24, 2.45) is 0 Å². The first-order valence-corrected chi connectivity index (χ1v) is 15.6. The van der Waals surface area contributed by atoms with Crippen LogP contribution in [-0.2, 0) is 0 Å². The summed E-state index contributed by atoms with van der Waals surface area (Å²) < 4.78 is 13.0. The van der Waals surface area contributed by atoms with Crippen LogP contribution in [0.2, 0.25) is 0 Å². The highest BCUT2D eigenvalue weighted by Gasteiger charge is 2.24. The summed E-state index contributed by atoms with van der Waals surface area (Å²) >= 11 is 0. The molecule has 0 N–H and O–H groups in total. The third-order valence-electron chi connectivity index (χ3n) is 9.19. The Balaban J connectivity index is 1.21. The van der Waals surface area contributed by atoms with Crippen LogP contribution in [0, 0.1) is 0 Å². The quantitative estimate of drug-likeness (QED) is 0.187. The molecule has 5 heteroatoms. The van der Waals surface area contributed by atoms with Gasteiger partial charge in [0.2, 0.25) is 0 Å². The number of furan rings is 2. The van der Waals surface area contributed by atoms with Crippen LogP contribution in [0.15, 0.2) is 161 Å². The van der Waals surface area contributed by atoms with Crippen LogP contribution in [-0.4, -0.2) is 9.97 Å². The molecule has 0 unspecified atom stereocenters. The molecule has 10 aromatic rings. The lowest BCUT2D eigenvalue weighted by molar-refractivity contribution is 0.665. The molecule has 47 heavy (non-hydrogen) atoms. The summed E-state index contributed by atoms with van der Waals surface area (Å²) in [6, 6.07) is 46.3. The van der Waals surface area contributed by atoms with Crippen molar-refractivity contribution in [2.45, 2.75) is 0 Å². The van der Waals surface area contributed by atoms with Crippen molar-refractivity contribution in [3.8, 4) is 11.1 Å². The number of rotatable bonds is 4. The highest BCUT2D eigenvalue weighted by Crippen LogP contribution is 2.45. The molecular weight excluding hydrogens is 578 g/mol. The predicted molar refractivity (Wildman–Crippen MR) is 192 cm³/mol. The molecule has 0 amide bonds. The second kappa shape index (κ2) is 10.0. The molecule has 4 heterocycles. The Morgan fingerprint density at radius 1 is 0.489 bits per heavy atom. The van der Waals surface area contributed by atoms with Gasteiger partial charge in [0.05, 0.1) is 11.9 Å². The molecule has 220 valence electrons. The fourth-order valence-electron chi connectivity index (χ4n) is 7.04. The fourth-order valence-corrected chi connectivity index (χ4v) is 7.04. The van der Waals surface area contributed by atoms with Crippen LogP contribution in [0.5, 0.6) is 0 Å².